The van der Waals surface area contributed by atoms with Crippen LogP contribution in [0.15, 0.2) is 48.0 Å². The highest BCUT2D eigenvalue weighted by molar-refractivity contribution is 7.10. The zero-order valence-electron chi connectivity index (χ0n) is 12.0. The van der Waals surface area contributed by atoms with Crippen LogP contribution in [-0.2, 0) is 6.54 Å². The third-order valence-corrected chi connectivity index (χ3v) is 4.86. The number of aryl methyl sites for hydroxylation is 1. The fraction of sp³-hybridized carbons (Fsp3) is 0.294. The van der Waals surface area contributed by atoms with Crippen LogP contribution in [0.25, 0.3) is 10.9 Å². The van der Waals surface area contributed by atoms with Crippen molar-refractivity contribution in [2.45, 2.75) is 26.4 Å². The van der Waals surface area contributed by atoms with Gasteiger partial charge in [0.2, 0.25) is 0 Å². The second-order valence-electron chi connectivity index (χ2n) is 5.21. The highest BCUT2D eigenvalue weighted by Gasteiger charge is 2.06. The van der Waals surface area contributed by atoms with Gasteiger partial charge in [0.1, 0.15) is 0 Å². The van der Waals surface area contributed by atoms with Gasteiger partial charge in [-0.1, -0.05) is 18.2 Å². The van der Waals surface area contributed by atoms with Crippen molar-refractivity contribution in [3.8, 4) is 0 Å². The van der Waals surface area contributed by atoms with Crippen LogP contribution in [0.2, 0.25) is 0 Å². The summed E-state index contributed by atoms with van der Waals surface area (Å²) in [6.07, 6.45) is 2.19. The normalized spacial score (nSPS) is 12.9. The van der Waals surface area contributed by atoms with Crippen LogP contribution in [0.5, 0.6) is 0 Å². The quantitative estimate of drug-likeness (QED) is 0.736. The molecule has 3 rings (SSSR count). The van der Waals surface area contributed by atoms with Crippen LogP contribution in [0.4, 0.5) is 0 Å². The summed E-state index contributed by atoms with van der Waals surface area (Å²) in [6, 6.07) is 13.5. The maximum absolute atomic E-state index is 3.59. The molecule has 1 atom stereocenters. The van der Waals surface area contributed by atoms with Crippen molar-refractivity contribution in [3.63, 3.8) is 0 Å². The number of benzene rings is 1. The van der Waals surface area contributed by atoms with Gasteiger partial charge in [-0.15, -0.1) is 11.3 Å². The first-order valence-corrected chi connectivity index (χ1v) is 7.95. The van der Waals surface area contributed by atoms with Crippen molar-refractivity contribution in [1.82, 2.24) is 9.88 Å². The van der Waals surface area contributed by atoms with E-state index in [4.69, 9.17) is 0 Å². The molecule has 1 unspecified atom stereocenters. The first-order valence-electron chi connectivity index (χ1n) is 7.07. The Hall–Kier alpha value is -1.58. The van der Waals surface area contributed by atoms with Gasteiger partial charge in [0.25, 0.3) is 0 Å². The van der Waals surface area contributed by atoms with Gasteiger partial charge >= 0.3 is 0 Å². The summed E-state index contributed by atoms with van der Waals surface area (Å²) in [4.78, 5) is 1.40. The summed E-state index contributed by atoms with van der Waals surface area (Å²) in [5.74, 6) is 0. The van der Waals surface area contributed by atoms with E-state index in [1.165, 1.54) is 21.3 Å². The summed E-state index contributed by atoms with van der Waals surface area (Å²) >= 11 is 1.81. The third-order valence-electron chi connectivity index (χ3n) is 3.80. The molecule has 0 saturated carbocycles. The van der Waals surface area contributed by atoms with Gasteiger partial charge in [0.05, 0.1) is 0 Å². The summed E-state index contributed by atoms with van der Waals surface area (Å²) in [6.45, 7) is 6.38. The van der Waals surface area contributed by atoms with E-state index < -0.39 is 0 Å². The monoisotopic (exact) mass is 284 g/mol. The number of rotatable bonds is 5. The Kier molecular flexibility index (Phi) is 3.90. The molecule has 104 valence electrons. The molecule has 20 heavy (non-hydrogen) atoms. The smallest absolute Gasteiger partial charge is 0.0483 e. The predicted octanol–water partition coefficient (Wildman–Crippen LogP) is 4.36. The molecule has 1 N–H and O–H groups in total. The Bertz CT molecular complexity index is 682. The molecular weight excluding hydrogens is 264 g/mol. The number of thiophene rings is 1. The SMILES string of the molecule is Cc1cccc2c1ccn2CCNC(C)c1cccs1. The zero-order chi connectivity index (χ0) is 13.9. The molecule has 2 aromatic heterocycles. The van der Waals surface area contributed by atoms with Gasteiger partial charge in [-0.25, -0.2) is 0 Å². The van der Waals surface area contributed by atoms with Crippen LogP contribution in [0.3, 0.4) is 0 Å². The highest BCUT2D eigenvalue weighted by atomic mass is 32.1. The zero-order valence-corrected chi connectivity index (χ0v) is 12.8. The standard InChI is InChI=1S/C17H20N2S/c1-13-5-3-6-16-15(13)8-10-19(16)11-9-18-14(2)17-7-4-12-20-17/h3-8,10,12,14,18H,9,11H2,1-2H3. The lowest BCUT2D eigenvalue weighted by Crippen LogP contribution is -2.22. The van der Waals surface area contributed by atoms with Crippen molar-refractivity contribution in [2.24, 2.45) is 0 Å². The van der Waals surface area contributed by atoms with E-state index in [2.05, 4.69) is 71.7 Å². The number of hydrogen-bond donors (Lipinski definition) is 1. The molecule has 0 spiro atoms. The van der Waals surface area contributed by atoms with Gasteiger partial charge < -0.3 is 9.88 Å². The molecule has 1 aromatic carbocycles. The fourth-order valence-electron chi connectivity index (χ4n) is 2.61. The van der Waals surface area contributed by atoms with Crippen molar-refractivity contribution >= 4 is 22.2 Å². The molecule has 2 heterocycles. The largest absolute Gasteiger partial charge is 0.346 e. The fourth-order valence-corrected chi connectivity index (χ4v) is 3.37. The van der Waals surface area contributed by atoms with E-state index in [0.29, 0.717) is 6.04 Å². The Balaban J connectivity index is 1.64. The van der Waals surface area contributed by atoms with Crippen molar-refractivity contribution in [2.75, 3.05) is 6.54 Å². The lowest BCUT2D eigenvalue weighted by atomic mass is 10.1. The van der Waals surface area contributed by atoms with Crippen LogP contribution in [0, 0.1) is 6.92 Å². The predicted molar refractivity (Wildman–Crippen MR) is 87.4 cm³/mol. The number of nitrogens with one attached hydrogen (secondary N) is 1. The average molecular weight is 284 g/mol. The molecule has 2 nitrogen and oxygen atoms in total. The number of hydrogen-bond acceptors (Lipinski definition) is 2. The molecule has 0 aliphatic rings. The second-order valence-corrected chi connectivity index (χ2v) is 6.19. The van der Waals surface area contributed by atoms with E-state index in [1.807, 2.05) is 11.3 Å². The minimum atomic E-state index is 0.429. The summed E-state index contributed by atoms with van der Waals surface area (Å²) in [7, 11) is 0. The van der Waals surface area contributed by atoms with E-state index in [9.17, 15) is 0 Å². The Morgan fingerprint density at radius 3 is 2.90 bits per heavy atom. The number of fused-ring (bicyclic) bond motifs is 1. The summed E-state index contributed by atoms with van der Waals surface area (Å²) in [5, 5.41) is 7.09. The minimum absolute atomic E-state index is 0.429. The Morgan fingerprint density at radius 2 is 2.10 bits per heavy atom. The first kappa shape index (κ1) is 13.4. The molecule has 0 radical (unpaired) electrons. The maximum atomic E-state index is 3.59. The highest BCUT2D eigenvalue weighted by Crippen LogP contribution is 2.20. The van der Waals surface area contributed by atoms with Crippen LogP contribution < -0.4 is 5.32 Å². The van der Waals surface area contributed by atoms with Crippen LogP contribution >= 0.6 is 11.3 Å². The Labute approximate surface area is 124 Å². The third kappa shape index (κ3) is 2.65. The molecule has 0 fully saturated rings. The molecule has 0 bridgehead atoms. The summed E-state index contributed by atoms with van der Waals surface area (Å²) < 4.78 is 2.33. The summed E-state index contributed by atoms with van der Waals surface area (Å²) in [5.41, 5.74) is 2.68. The first-order chi connectivity index (χ1) is 9.75. The molecule has 3 heteroatoms. The second kappa shape index (κ2) is 5.81. The average Bonchev–Trinajstić information content (AvgIpc) is 3.09. The van der Waals surface area contributed by atoms with E-state index >= 15 is 0 Å². The van der Waals surface area contributed by atoms with E-state index in [-0.39, 0.29) is 0 Å². The molecular formula is C17H20N2S. The van der Waals surface area contributed by atoms with Crippen molar-refractivity contribution in [1.29, 1.82) is 0 Å². The van der Waals surface area contributed by atoms with E-state index in [0.717, 1.165) is 13.1 Å². The van der Waals surface area contributed by atoms with Gasteiger partial charge in [-0.2, -0.15) is 0 Å². The molecule has 0 amide bonds. The van der Waals surface area contributed by atoms with Gasteiger partial charge in [0.15, 0.2) is 0 Å². The Morgan fingerprint density at radius 1 is 1.20 bits per heavy atom. The van der Waals surface area contributed by atoms with Crippen molar-refractivity contribution < 1.29 is 0 Å². The van der Waals surface area contributed by atoms with Crippen molar-refractivity contribution in [3.05, 3.63) is 58.4 Å². The molecule has 0 aliphatic carbocycles. The van der Waals surface area contributed by atoms with E-state index in [1.54, 1.807) is 0 Å². The molecule has 0 saturated heterocycles. The molecule has 0 aliphatic heterocycles. The van der Waals surface area contributed by atoms with Gasteiger partial charge in [-0.05, 0) is 43.0 Å². The lowest BCUT2D eigenvalue weighted by molar-refractivity contribution is 0.543. The topological polar surface area (TPSA) is 17.0 Å². The number of aromatic nitrogens is 1. The minimum Gasteiger partial charge on any atom is -0.346 e. The molecule has 3 aromatic rings. The van der Waals surface area contributed by atoms with Crippen LogP contribution in [0.1, 0.15) is 23.4 Å². The van der Waals surface area contributed by atoms with Gasteiger partial charge in [0, 0.05) is 41.1 Å². The van der Waals surface area contributed by atoms with Gasteiger partial charge in [-0.3, -0.25) is 0 Å². The maximum Gasteiger partial charge on any atom is 0.0483 e. The van der Waals surface area contributed by atoms with Crippen LogP contribution in [-0.4, -0.2) is 11.1 Å². The number of nitrogens with zero attached hydrogens (tertiary/aromatic N) is 1. The lowest BCUT2D eigenvalue weighted by Gasteiger charge is -2.13.